The third kappa shape index (κ3) is 16.8. The first-order valence-corrected chi connectivity index (χ1v) is 49.5. The van der Waals surface area contributed by atoms with Crippen LogP contribution in [0.5, 0.6) is 0 Å². The fraction of sp³-hybridized carbons (Fsp3) is 0.00719. The molecule has 0 unspecified atom stereocenters. The van der Waals surface area contributed by atoms with Crippen LogP contribution in [0.15, 0.2) is 582 Å². The number of nitrogens with zero attached hydrogens (tertiary/aromatic N) is 5. The van der Waals surface area contributed by atoms with Gasteiger partial charge in [-0.05, 0) is 268 Å². The number of para-hydroxylation sites is 6. The highest BCUT2D eigenvalue weighted by Gasteiger charge is 2.25. The molecule has 0 aliphatic heterocycles. The van der Waals surface area contributed by atoms with E-state index in [1.807, 2.05) is 0 Å². The summed E-state index contributed by atoms with van der Waals surface area (Å²) in [5.74, 6) is 0.0883. The average Bonchev–Trinajstić information content (AvgIpc) is 1.57. The molecule has 5 nitrogen and oxygen atoms in total. The minimum Gasteiger partial charge on any atom is -0.310 e. The summed E-state index contributed by atoms with van der Waals surface area (Å²) >= 11 is 0. The Kier molecular flexibility index (Phi) is 23.1. The van der Waals surface area contributed by atoms with Crippen molar-refractivity contribution in [1.29, 1.82) is 0 Å². The molecule has 0 aliphatic rings. The predicted molar refractivity (Wildman–Crippen MR) is 611 cm³/mol. The maximum atomic E-state index is 2.41. The topological polar surface area (TPSA) is 21.3 Å². The fourth-order valence-electron chi connectivity index (χ4n) is 21.4. The molecule has 678 valence electrons. The van der Waals surface area contributed by atoms with Crippen LogP contribution in [0.2, 0.25) is 0 Å². The van der Waals surface area contributed by atoms with E-state index in [1.54, 1.807) is 0 Å². The lowest BCUT2D eigenvalue weighted by Gasteiger charge is -2.27. The molecular formula is C139H97N5. The van der Waals surface area contributed by atoms with Crippen LogP contribution >= 0.6 is 0 Å². The molecule has 24 aromatic carbocycles. The molecule has 3 aromatic heterocycles. The molecule has 5 heteroatoms. The fourth-order valence-corrected chi connectivity index (χ4v) is 21.4. The van der Waals surface area contributed by atoms with Gasteiger partial charge in [0.25, 0.3) is 0 Å². The van der Waals surface area contributed by atoms with Crippen LogP contribution in [0.4, 0.5) is 34.1 Å². The number of anilines is 6. The summed E-state index contributed by atoms with van der Waals surface area (Å²) in [5.41, 5.74) is 35.9. The SMILES string of the molecule is c1ccc(-c2ccc(C(c3ccc(-c4ccccc4)cc3)c3ccc4cc5c(cc4c3)c3ccccc3n5-c3ccccc3)cc2)cc1.c1ccc(-c2ccc(N(c3ccc(-c4ccccc4)cc3)c3ccc4cc5c6ccccc6n(-c6ccccc6)c5cc4c3)cc2)cc1.c1ccc(-c2ccc(N(c3ccc(-c4ccccc4)cc3)c3cccc4cc5c6ccccc6n(-c6ccccc6)c5cc34)cc2)cc1. The van der Waals surface area contributed by atoms with Crippen molar-refractivity contribution < 1.29 is 0 Å². The number of hydrogen-bond acceptors (Lipinski definition) is 2. The molecule has 0 bridgehead atoms. The van der Waals surface area contributed by atoms with Crippen LogP contribution in [-0.2, 0) is 0 Å². The van der Waals surface area contributed by atoms with Gasteiger partial charge in [-0.15, -0.1) is 0 Å². The predicted octanol–water partition coefficient (Wildman–Crippen LogP) is 37.9. The Morgan fingerprint density at radius 1 is 0.132 bits per heavy atom. The summed E-state index contributed by atoms with van der Waals surface area (Å²) < 4.78 is 7.18. The van der Waals surface area contributed by atoms with Gasteiger partial charge >= 0.3 is 0 Å². The zero-order valence-corrected chi connectivity index (χ0v) is 79.2. The zero-order valence-electron chi connectivity index (χ0n) is 79.2. The quantitative estimate of drug-likeness (QED) is 0.0799. The highest BCUT2D eigenvalue weighted by Crippen LogP contribution is 2.48. The van der Waals surface area contributed by atoms with E-state index in [1.165, 1.54) is 187 Å². The van der Waals surface area contributed by atoms with E-state index in [-0.39, 0.29) is 5.92 Å². The maximum absolute atomic E-state index is 2.41. The molecule has 0 atom stereocenters. The van der Waals surface area contributed by atoms with Crippen molar-refractivity contribution in [2.75, 3.05) is 9.80 Å². The Morgan fingerprint density at radius 2 is 0.389 bits per heavy atom. The summed E-state index contributed by atoms with van der Waals surface area (Å²) in [6.07, 6.45) is 0. The molecule has 3 heterocycles. The van der Waals surface area contributed by atoms with Crippen molar-refractivity contribution >= 4 is 132 Å². The lowest BCUT2D eigenvalue weighted by Crippen LogP contribution is -2.10. The Balaban J connectivity index is 0.000000113. The smallest absolute Gasteiger partial charge is 0.0548 e. The van der Waals surface area contributed by atoms with Gasteiger partial charge in [0.05, 0.1) is 38.8 Å². The monoisotopic (exact) mass is 1840 g/mol. The molecule has 0 N–H and O–H groups in total. The zero-order chi connectivity index (χ0) is 95.6. The molecular weight excluding hydrogens is 1740 g/mol. The minimum atomic E-state index is 0.0883. The molecule has 144 heavy (non-hydrogen) atoms. The molecule has 0 saturated heterocycles. The van der Waals surface area contributed by atoms with Crippen LogP contribution < -0.4 is 9.80 Å². The van der Waals surface area contributed by atoms with E-state index in [9.17, 15) is 0 Å². The first-order chi connectivity index (χ1) is 71.4. The molecule has 27 aromatic rings. The van der Waals surface area contributed by atoms with Crippen LogP contribution in [-0.4, -0.2) is 13.7 Å². The summed E-state index contributed by atoms with van der Waals surface area (Å²) in [7, 11) is 0. The van der Waals surface area contributed by atoms with Crippen molar-refractivity contribution in [3.63, 3.8) is 0 Å². The first kappa shape index (κ1) is 86.6. The van der Waals surface area contributed by atoms with E-state index < -0.39 is 0 Å². The molecule has 0 aliphatic carbocycles. The van der Waals surface area contributed by atoms with E-state index in [2.05, 4.69) is 606 Å². The van der Waals surface area contributed by atoms with Gasteiger partial charge in [-0.1, -0.05) is 425 Å². The second-order valence-corrected chi connectivity index (χ2v) is 37.0. The van der Waals surface area contributed by atoms with Gasteiger partial charge in [0.15, 0.2) is 0 Å². The number of hydrogen-bond donors (Lipinski definition) is 0. The van der Waals surface area contributed by atoms with Crippen LogP contribution in [0.25, 0.3) is 182 Å². The van der Waals surface area contributed by atoms with Gasteiger partial charge in [0.1, 0.15) is 0 Å². The van der Waals surface area contributed by atoms with Gasteiger partial charge in [0.2, 0.25) is 0 Å². The maximum Gasteiger partial charge on any atom is 0.0548 e. The van der Waals surface area contributed by atoms with E-state index in [4.69, 9.17) is 0 Å². The highest BCUT2D eigenvalue weighted by atomic mass is 15.2. The standard InChI is InChI=1S/C47H33N.2C46H32N2/c1-4-12-33(13-5-1)35-20-24-37(25-21-35)47(38-26-22-36(23-27-38)34-14-6-2-7-15-34)40-29-28-39-32-46-44(31-41(39)30-40)43-18-10-11-19-45(43)48(46)42-16-8-3-9-17-42;1-4-13-33(14-5-1)35-23-27-39(28-24-35)47(40-29-25-36(26-30-40)34-15-6-2-7-16-34)45-22-12-17-37-31-43-41-20-10-11-21-44(41)48(46(43)32-42(37)45)38-18-8-3-9-19-38;1-4-12-33(13-5-1)35-20-25-40(26-21-35)47(41-27-22-36(23-28-41)34-14-6-2-7-15-34)42-29-24-37-31-44-43-18-10-11-19-45(43)48(39-16-8-3-9-17-39)46(44)32-38(37)30-42/h1-32,47H;2*1-32H. The van der Waals surface area contributed by atoms with Crippen molar-refractivity contribution in [2.45, 2.75) is 5.92 Å². The molecule has 0 radical (unpaired) electrons. The number of rotatable bonds is 18. The number of aromatic nitrogens is 3. The third-order valence-electron chi connectivity index (χ3n) is 28.4. The van der Waals surface area contributed by atoms with E-state index in [0.717, 1.165) is 45.5 Å². The largest absolute Gasteiger partial charge is 0.310 e. The summed E-state index contributed by atoms with van der Waals surface area (Å²) in [6.45, 7) is 0. The average molecular weight is 1840 g/mol. The van der Waals surface area contributed by atoms with Gasteiger partial charge in [-0.25, -0.2) is 0 Å². The van der Waals surface area contributed by atoms with Crippen molar-refractivity contribution in [1.82, 2.24) is 13.7 Å². The third-order valence-corrected chi connectivity index (χ3v) is 28.4. The second-order valence-electron chi connectivity index (χ2n) is 37.0. The van der Waals surface area contributed by atoms with Crippen molar-refractivity contribution in [2.24, 2.45) is 0 Å². The lowest BCUT2D eigenvalue weighted by atomic mass is 9.83. The number of fused-ring (bicyclic) bond motifs is 12. The van der Waals surface area contributed by atoms with Gasteiger partial charge in [-0.2, -0.15) is 0 Å². The van der Waals surface area contributed by atoms with E-state index >= 15 is 0 Å². The Labute approximate surface area is 838 Å². The summed E-state index contributed by atoms with van der Waals surface area (Å²) in [4.78, 5) is 4.76. The van der Waals surface area contributed by atoms with Crippen molar-refractivity contribution in [3.8, 4) is 83.8 Å². The van der Waals surface area contributed by atoms with Crippen LogP contribution in [0, 0.1) is 0 Å². The number of benzene rings is 24. The van der Waals surface area contributed by atoms with Crippen LogP contribution in [0.3, 0.4) is 0 Å². The second kappa shape index (κ2) is 38.4. The Bertz CT molecular complexity index is 8990. The van der Waals surface area contributed by atoms with Crippen molar-refractivity contribution in [3.05, 3.63) is 599 Å². The molecule has 0 spiro atoms. The van der Waals surface area contributed by atoms with Crippen LogP contribution in [0.1, 0.15) is 22.6 Å². The summed E-state index contributed by atoms with van der Waals surface area (Å²) in [6, 6.07) is 210. The van der Waals surface area contributed by atoms with Gasteiger partial charge in [-0.3, -0.25) is 0 Å². The summed E-state index contributed by atoms with van der Waals surface area (Å²) in [5, 5.41) is 14.9. The molecule has 0 amide bonds. The lowest BCUT2D eigenvalue weighted by molar-refractivity contribution is 0.981. The van der Waals surface area contributed by atoms with E-state index in [0.29, 0.717) is 0 Å². The first-order valence-electron chi connectivity index (χ1n) is 49.5. The van der Waals surface area contributed by atoms with Gasteiger partial charge in [0, 0.05) is 89.1 Å². The normalized spacial score (nSPS) is 11.4. The highest BCUT2D eigenvalue weighted by molar-refractivity contribution is 6.18. The molecule has 0 saturated carbocycles. The minimum absolute atomic E-state index is 0.0883. The Hall–Kier alpha value is -18.9. The Morgan fingerprint density at radius 3 is 0.750 bits per heavy atom. The van der Waals surface area contributed by atoms with Gasteiger partial charge < -0.3 is 23.5 Å². The molecule has 0 fully saturated rings. The molecule has 27 rings (SSSR count).